The van der Waals surface area contributed by atoms with Crippen molar-refractivity contribution in [1.82, 2.24) is 9.38 Å². The molecular weight excluding hydrogens is 408 g/mol. The van der Waals surface area contributed by atoms with Crippen molar-refractivity contribution in [2.75, 3.05) is 0 Å². The van der Waals surface area contributed by atoms with Crippen LogP contribution < -0.4 is 5.73 Å². The molecule has 8 heteroatoms. The molecule has 0 atom stereocenters. The van der Waals surface area contributed by atoms with Gasteiger partial charge in [0.25, 0.3) is 0 Å². The highest BCUT2D eigenvalue weighted by atomic mass is 19.4. The van der Waals surface area contributed by atoms with Crippen LogP contribution in [0.5, 0.6) is 0 Å². The average molecular weight is 424 g/mol. The van der Waals surface area contributed by atoms with Crippen molar-refractivity contribution in [2.45, 2.75) is 6.18 Å². The van der Waals surface area contributed by atoms with Gasteiger partial charge in [-0.3, -0.25) is 9.81 Å². The van der Waals surface area contributed by atoms with E-state index in [-0.39, 0.29) is 5.71 Å². The second-order valence-corrected chi connectivity index (χ2v) is 6.83. The normalized spacial score (nSPS) is 12.3. The number of alkyl halides is 3. The first-order chi connectivity index (χ1) is 14.8. The zero-order valence-corrected chi connectivity index (χ0v) is 16.0. The van der Waals surface area contributed by atoms with E-state index < -0.39 is 17.6 Å². The van der Waals surface area contributed by atoms with E-state index in [4.69, 9.17) is 11.1 Å². The Balaban J connectivity index is 1.74. The minimum Gasteiger partial charge on any atom is -0.404 e. The molecule has 0 aliphatic carbocycles. The Morgan fingerprint density at radius 3 is 2.19 bits per heavy atom. The number of pyridine rings is 1. The molecule has 2 aromatic carbocycles. The molecule has 0 aliphatic rings. The van der Waals surface area contributed by atoms with Crippen LogP contribution in [0.3, 0.4) is 0 Å². The molecule has 2 heterocycles. The summed E-state index contributed by atoms with van der Waals surface area (Å²) in [7, 11) is 0. The summed E-state index contributed by atoms with van der Waals surface area (Å²) in [6.07, 6.45) is 0.166. The lowest BCUT2D eigenvalue weighted by molar-refractivity contribution is -0.137. The number of allylic oxidation sites excluding steroid dienone is 1. The van der Waals surface area contributed by atoms with Gasteiger partial charge in [-0.1, -0.05) is 12.1 Å². The lowest BCUT2D eigenvalue weighted by Gasteiger charge is -2.11. The van der Waals surface area contributed by atoms with Crippen molar-refractivity contribution < 1.29 is 17.6 Å². The Kier molecular flexibility index (Phi) is 5.06. The van der Waals surface area contributed by atoms with Gasteiger partial charge in [0.15, 0.2) is 0 Å². The van der Waals surface area contributed by atoms with Crippen LogP contribution >= 0.6 is 0 Å². The number of hydrogen-bond donors (Lipinski definition) is 2. The van der Waals surface area contributed by atoms with Gasteiger partial charge in [-0.15, -0.1) is 0 Å². The molecule has 4 nitrogen and oxygen atoms in total. The lowest BCUT2D eigenvalue weighted by atomic mass is 9.98. The molecule has 0 fully saturated rings. The SMILES string of the molecule is N=C(/C(=C\N)c1ccc2ncc(-c3ccc(C(F)(F)F)cc3)n2c1)c1ccc(F)cc1. The summed E-state index contributed by atoms with van der Waals surface area (Å²) in [6.45, 7) is 0. The molecular formula is C23H16F4N4. The predicted octanol–water partition coefficient (Wildman–Crippen LogP) is 5.53. The molecule has 4 aromatic rings. The molecule has 0 aliphatic heterocycles. The maximum absolute atomic E-state index is 13.2. The smallest absolute Gasteiger partial charge is 0.404 e. The predicted molar refractivity (Wildman–Crippen MR) is 111 cm³/mol. The molecule has 3 N–H and O–H groups in total. The number of nitrogens with one attached hydrogen (secondary N) is 1. The summed E-state index contributed by atoms with van der Waals surface area (Å²) in [6, 6.07) is 13.8. The standard InChI is InChI=1S/C23H16F4N4/c24-18-8-3-15(4-9-18)22(29)19(11-28)16-5-10-21-30-12-20(31(21)13-16)14-1-6-17(7-2-14)23(25,26)27/h1-13,29H,28H2/b19-11-,29-22?. The number of fused-ring (bicyclic) bond motifs is 1. The molecule has 2 aromatic heterocycles. The molecule has 0 saturated heterocycles. The van der Waals surface area contributed by atoms with Crippen LogP contribution in [-0.4, -0.2) is 15.1 Å². The van der Waals surface area contributed by atoms with Crippen LogP contribution in [0.25, 0.3) is 22.5 Å². The number of nitrogens with two attached hydrogens (primary N) is 1. The van der Waals surface area contributed by atoms with Gasteiger partial charge in [0, 0.05) is 34.7 Å². The monoisotopic (exact) mass is 424 g/mol. The maximum atomic E-state index is 13.2. The first kappa shape index (κ1) is 20.3. The second kappa shape index (κ2) is 7.71. The van der Waals surface area contributed by atoms with E-state index in [1.54, 1.807) is 28.9 Å². The van der Waals surface area contributed by atoms with Crippen LogP contribution in [-0.2, 0) is 6.18 Å². The zero-order chi connectivity index (χ0) is 22.2. The Morgan fingerprint density at radius 2 is 1.58 bits per heavy atom. The van der Waals surface area contributed by atoms with Gasteiger partial charge in [0.05, 0.1) is 23.2 Å². The van der Waals surface area contributed by atoms with Gasteiger partial charge in [-0.25, -0.2) is 9.37 Å². The minimum atomic E-state index is -4.41. The largest absolute Gasteiger partial charge is 0.416 e. The molecule has 0 bridgehead atoms. The van der Waals surface area contributed by atoms with Gasteiger partial charge < -0.3 is 5.73 Å². The Labute approximate surface area is 174 Å². The molecule has 0 amide bonds. The van der Waals surface area contributed by atoms with E-state index in [0.717, 1.165) is 12.1 Å². The van der Waals surface area contributed by atoms with E-state index in [9.17, 15) is 17.6 Å². The van der Waals surface area contributed by atoms with Crippen LogP contribution in [0.15, 0.2) is 79.3 Å². The third kappa shape index (κ3) is 3.92. The van der Waals surface area contributed by atoms with Crippen molar-refractivity contribution in [3.05, 3.63) is 102 Å². The summed E-state index contributed by atoms with van der Waals surface area (Å²) in [4.78, 5) is 4.30. The molecule has 0 spiro atoms. The van der Waals surface area contributed by atoms with Gasteiger partial charge in [-0.2, -0.15) is 13.2 Å². The van der Waals surface area contributed by atoms with Crippen molar-refractivity contribution in [3.8, 4) is 11.3 Å². The Hall–Kier alpha value is -3.94. The fraction of sp³-hybridized carbons (Fsp3) is 0.0435. The molecule has 31 heavy (non-hydrogen) atoms. The molecule has 156 valence electrons. The Morgan fingerprint density at radius 1 is 0.935 bits per heavy atom. The van der Waals surface area contributed by atoms with Crippen LogP contribution in [0, 0.1) is 11.2 Å². The summed E-state index contributed by atoms with van der Waals surface area (Å²) < 4.78 is 53.5. The van der Waals surface area contributed by atoms with Crippen molar-refractivity contribution >= 4 is 16.9 Å². The van der Waals surface area contributed by atoms with E-state index in [1.807, 2.05) is 0 Å². The fourth-order valence-electron chi connectivity index (χ4n) is 3.28. The number of rotatable bonds is 4. The first-order valence-electron chi connectivity index (χ1n) is 9.20. The minimum absolute atomic E-state index is 0.109. The average Bonchev–Trinajstić information content (AvgIpc) is 3.17. The van der Waals surface area contributed by atoms with Crippen LogP contribution in [0.2, 0.25) is 0 Å². The molecule has 0 saturated carbocycles. The lowest BCUT2D eigenvalue weighted by Crippen LogP contribution is -2.06. The first-order valence-corrected chi connectivity index (χ1v) is 9.20. The van der Waals surface area contributed by atoms with Gasteiger partial charge in [0.1, 0.15) is 11.5 Å². The zero-order valence-electron chi connectivity index (χ0n) is 16.0. The number of imidazole rings is 1. The second-order valence-electron chi connectivity index (χ2n) is 6.83. The summed E-state index contributed by atoms with van der Waals surface area (Å²) in [5.74, 6) is -0.407. The van der Waals surface area contributed by atoms with Crippen LogP contribution in [0.1, 0.15) is 16.7 Å². The Bertz CT molecular complexity index is 1280. The summed E-state index contributed by atoms with van der Waals surface area (Å²) in [5, 5.41) is 8.46. The molecule has 0 unspecified atom stereocenters. The number of hydrogen-bond acceptors (Lipinski definition) is 3. The van der Waals surface area contributed by atoms with Gasteiger partial charge >= 0.3 is 6.18 Å². The number of benzene rings is 2. The van der Waals surface area contributed by atoms with Crippen molar-refractivity contribution in [2.24, 2.45) is 5.73 Å². The van der Waals surface area contributed by atoms with E-state index in [0.29, 0.717) is 33.6 Å². The molecule has 4 rings (SSSR count). The highest BCUT2D eigenvalue weighted by Gasteiger charge is 2.30. The maximum Gasteiger partial charge on any atom is 0.416 e. The van der Waals surface area contributed by atoms with Gasteiger partial charge in [-0.05, 0) is 48.5 Å². The fourth-order valence-corrected chi connectivity index (χ4v) is 3.28. The third-order valence-electron chi connectivity index (χ3n) is 4.89. The van der Waals surface area contributed by atoms with Crippen LogP contribution in [0.4, 0.5) is 17.6 Å². The third-order valence-corrected chi connectivity index (χ3v) is 4.89. The number of aromatic nitrogens is 2. The topological polar surface area (TPSA) is 67.2 Å². The highest BCUT2D eigenvalue weighted by Crippen LogP contribution is 2.31. The summed E-state index contributed by atoms with van der Waals surface area (Å²) in [5.41, 5.74) is 8.43. The van der Waals surface area contributed by atoms with E-state index >= 15 is 0 Å². The van der Waals surface area contributed by atoms with Crippen molar-refractivity contribution in [3.63, 3.8) is 0 Å². The number of nitrogens with zero attached hydrogens (tertiary/aromatic N) is 2. The molecule has 0 radical (unpaired) electrons. The van der Waals surface area contributed by atoms with Crippen molar-refractivity contribution in [1.29, 1.82) is 5.41 Å². The van der Waals surface area contributed by atoms with Gasteiger partial charge in [0.2, 0.25) is 0 Å². The highest BCUT2D eigenvalue weighted by molar-refractivity contribution is 6.30. The van der Waals surface area contributed by atoms with E-state index in [2.05, 4.69) is 4.98 Å². The van der Waals surface area contributed by atoms with E-state index in [1.165, 1.54) is 42.6 Å². The quantitative estimate of drug-likeness (QED) is 0.334. The number of halogens is 4. The summed E-state index contributed by atoms with van der Waals surface area (Å²) >= 11 is 0.